The molecule has 2 aromatic rings. The summed E-state index contributed by atoms with van der Waals surface area (Å²) in [7, 11) is 0. The number of halogens is 1. The lowest BCUT2D eigenvalue weighted by Crippen LogP contribution is -2.37. The summed E-state index contributed by atoms with van der Waals surface area (Å²) in [6.07, 6.45) is 4.33. The monoisotopic (exact) mass is 385 g/mol. The SMILES string of the molecule is CC1OC(=O)C(N)CCCC(Cc2ccc(Cl)cc2)C1Cc1ccccc1. The molecule has 2 aromatic carbocycles. The van der Waals surface area contributed by atoms with E-state index in [1.807, 2.05) is 25.1 Å². The molecule has 0 aliphatic carbocycles. The number of benzene rings is 2. The molecule has 4 unspecified atom stereocenters. The first kappa shape index (κ1) is 19.9. The first-order valence-corrected chi connectivity index (χ1v) is 10.1. The van der Waals surface area contributed by atoms with Crippen LogP contribution in [0.4, 0.5) is 0 Å². The third kappa shape index (κ3) is 5.57. The van der Waals surface area contributed by atoms with Crippen LogP contribution in [0.25, 0.3) is 0 Å². The van der Waals surface area contributed by atoms with Gasteiger partial charge in [-0.05, 0) is 61.8 Å². The number of carbonyl (C=O) groups is 1. The van der Waals surface area contributed by atoms with Crippen LogP contribution in [0.1, 0.15) is 37.3 Å². The highest BCUT2D eigenvalue weighted by Crippen LogP contribution is 2.32. The molecule has 1 aliphatic heterocycles. The Morgan fingerprint density at radius 1 is 1.00 bits per heavy atom. The van der Waals surface area contributed by atoms with E-state index in [2.05, 4.69) is 36.4 Å². The summed E-state index contributed by atoms with van der Waals surface area (Å²) in [5.41, 5.74) is 8.54. The Morgan fingerprint density at radius 3 is 2.37 bits per heavy atom. The molecule has 1 saturated heterocycles. The molecule has 144 valence electrons. The van der Waals surface area contributed by atoms with Gasteiger partial charge in [0.1, 0.15) is 12.1 Å². The molecule has 3 nitrogen and oxygen atoms in total. The lowest BCUT2D eigenvalue weighted by Gasteiger charge is -2.31. The molecule has 0 radical (unpaired) electrons. The van der Waals surface area contributed by atoms with Crippen LogP contribution in [0.2, 0.25) is 5.02 Å². The third-order valence-corrected chi connectivity index (χ3v) is 5.88. The van der Waals surface area contributed by atoms with Crippen molar-refractivity contribution in [2.75, 3.05) is 0 Å². The number of carbonyl (C=O) groups excluding carboxylic acids is 1. The first-order valence-electron chi connectivity index (χ1n) is 9.77. The van der Waals surface area contributed by atoms with E-state index in [1.54, 1.807) is 0 Å². The van der Waals surface area contributed by atoms with Crippen molar-refractivity contribution in [3.63, 3.8) is 0 Å². The van der Waals surface area contributed by atoms with Crippen molar-refractivity contribution in [1.82, 2.24) is 0 Å². The largest absolute Gasteiger partial charge is 0.461 e. The van der Waals surface area contributed by atoms with E-state index < -0.39 is 6.04 Å². The van der Waals surface area contributed by atoms with E-state index in [4.69, 9.17) is 22.1 Å². The Bertz CT molecular complexity index is 732. The van der Waals surface area contributed by atoms with E-state index in [-0.39, 0.29) is 18.0 Å². The molecule has 1 fully saturated rings. The summed E-state index contributed by atoms with van der Waals surface area (Å²) in [6.45, 7) is 2.01. The standard InChI is InChI=1S/C23H28ClNO2/c1-16-21(15-17-6-3-2-4-7-17)19(8-5-9-22(25)23(26)27-16)14-18-10-12-20(24)13-11-18/h2-4,6-7,10-13,16,19,21-22H,5,8-9,14-15,25H2,1H3. The quantitative estimate of drug-likeness (QED) is 0.769. The topological polar surface area (TPSA) is 52.3 Å². The third-order valence-electron chi connectivity index (χ3n) is 5.63. The van der Waals surface area contributed by atoms with Crippen molar-refractivity contribution in [2.24, 2.45) is 17.6 Å². The molecule has 27 heavy (non-hydrogen) atoms. The molecular weight excluding hydrogens is 358 g/mol. The van der Waals surface area contributed by atoms with Gasteiger partial charge in [-0.25, -0.2) is 0 Å². The lowest BCUT2D eigenvalue weighted by molar-refractivity contribution is -0.153. The van der Waals surface area contributed by atoms with Gasteiger partial charge in [-0.15, -0.1) is 0 Å². The maximum atomic E-state index is 12.3. The maximum absolute atomic E-state index is 12.3. The number of nitrogens with two attached hydrogens (primary N) is 1. The van der Waals surface area contributed by atoms with Crippen LogP contribution in [-0.4, -0.2) is 18.1 Å². The van der Waals surface area contributed by atoms with Crippen molar-refractivity contribution in [3.05, 3.63) is 70.7 Å². The smallest absolute Gasteiger partial charge is 0.323 e. The van der Waals surface area contributed by atoms with Crippen LogP contribution in [0.5, 0.6) is 0 Å². The summed E-state index contributed by atoms with van der Waals surface area (Å²) in [5.74, 6) is 0.393. The highest BCUT2D eigenvalue weighted by atomic mass is 35.5. The average Bonchev–Trinajstić information content (AvgIpc) is 2.71. The Balaban J connectivity index is 1.85. The van der Waals surface area contributed by atoms with Gasteiger partial charge in [-0.1, -0.05) is 60.5 Å². The van der Waals surface area contributed by atoms with Crippen molar-refractivity contribution in [3.8, 4) is 0 Å². The molecule has 2 N–H and O–H groups in total. The Labute approximate surface area is 166 Å². The van der Waals surface area contributed by atoms with Gasteiger partial charge in [0.05, 0.1) is 0 Å². The minimum atomic E-state index is -0.515. The van der Waals surface area contributed by atoms with E-state index in [0.717, 1.165) is 30.7 Å². The first-order chi connectivity index (χ1) is 13.0. The summed E-state index contributed by atoms with van der Waals surface area (Å²) >= 11 is 6.04. The lowest BCUT2D eigenvalue weighted by atomic mass is 9.77. The Hall–Kier alpha value is -1.84. The zero-order valence-corrected chi connectivity index (χ0v) is 16.6. The maximum Gasteiger partial charge on any atom is 0.323 e. The van der Waals surface area contributed by atoms with Crippen LogP contribution in [-0.2, 0) is 22.4 Å². The molecule has 1 aliphatic rings. The minimum Gasteiger partial charge on any atom is -0.461 e. The number of esters is 1. The zero-order valence-electron chi connectivity index (χ0n) is 15.8. The predicted molar refractivity (Wildman–Crippen MR) is 110 cm³/mol. The fraction of sp³-hybridized carbons (Fsp3) is 0.435. The van der Waals surface area contributed by atoms with E-state index in [0.29, 0.717) is 12.3 Å². The molecule has 0 bridgehead atoms. The van der Waals surface area contributed by atoms with Crippen molar-refractivity contribution >= 4 is 17.6 Å². The number of hydrogen-bond donors (Lipinski definition) is 1. The van der Waals surface area contributed by atoms with E-state index in [1.165, 1.54) is 11.1 Å². The van der Waals surface area contributed by atoms with Gasteiger partial charge in [-0.3, -0.25) is 4.79 Å². The number of rotatable bonds is 4. The van der Waals surface area contributed by atoms with Crippen LogP contribution in [0.3, 0.4) is 0 Å². The molecule has 4 heteroatoms. The molecule has 1 heterocycles. The molecule has 0 aromatic heterocycles. The van der Waals surface area contributed by atoms with Crippen molar-refractivity contribution in [2.45, 2.75) is 51.2 Å². The predicted octanol–water partition coefficient (Wildman–Crippen LogP) is 4.80. The van der Waals surface area contributed by atoms with Crippen LogP contribution < -0.4 is 5.73 Å². The summed E-state index contributed by atoms with van der Waals surface area (Å²) < 4.78 is 5.77. The van der Waals surface area contributed by atoms with Crippen molar-refractivity contribution in [1.29, 1.82) is 0 Å². The van der Waals surface area contributed by atoms with E-state index >= 15 is 0 Å². The Kier molecular flexibility index (Phi) is 6.92. The van der Waals surface area contributed by atoms with Crippen LogP contribution >= 0.6 is 11.6 Å². The summed E-state index contributed by atoms with van der Waals surface area (Å²) in [5, 5.41) is 0.752. The number of ether oxygens (including phenoxy) is 1. The molecule has 0 saturated carbocycles. The molecule has 4 atom stereocenters. The van der Waals surface area contributed by atoms with Gasteiger partial charge in [-0.2, -0.15) is 0 Å². The molecule has 0 spiro atoms. The number of cyclic esters (lactones) is 1. The fourth-order valence-electron chi connectivity index (χ4n) is 4.07. The summed E-state index contributed by atoms with van der Waals surface area (Å²) in [4.78, 5) is 12.3. The van der Waals surface area contributed by atoms with Crippen LogP contribution in [0, 0.1) is 11.8 Å². The van der Waals surface area contributed by atoms with Crippen molar-refractivity contribution < 1.29 is 9.53 Å². The molecule has 0 amide bonds. The highest BCUT2D eigenvalue weighted by Gasteiger charge is 2.32. The second kappa shape index (κ2) is 9.38. The second-order valence-electron chi connectivity index (χ2n) is 7.62. The highest BCUT2D eigenvalue weighted by molar-refractivity contribution is 6.30. The number of hydrogen-bond acceptors (Lipinski definition) is 3. The van der Waals surface area contributed by atoms with Gasteiger partial charge in [0.15, 0.2) is 0 Å². The van der Waals surface area contributed by atoms with Gasteiger partial charge in [0, 0.05) is 10.9 Å². The second-order valence-corrected chi connectivity index (χ2v) is 8.06. The van der Waals surface area contributed by atoms with Gasteiger partial charge < -0.3 is 10.5 Å². The van der Waals surface area contributed by atoms with Gasteiger partial charge >= 0.3 is 5.97 Å². The molecular formula is C23H28ClNO2. The molecule has 3 rings (SSSR count). The normalized spacial score (nSPS) is 26.6. The van der Waals surface area contributed by atoms with Crippen LogP contribution in [0.15, 0.2) is 54.6 Å². The Morgan fingerprint density at radius 2 is 1.67 bits per heavy atom. The van der Waals surface area contributed by atoms with Gasteiger partial charge in [0.2, 0.25) is 0 Å². The zero-order chi connectivity index (χ0) is 19.2. The fourth-order valence-corrected chi connectivity index (χ4v) is 4.19. The average molecular weight is 386 g/mol. The summed E-state index contributed by atoms with van der Waals surface area (Å²) in [6, 6.07) is 18.0. The van der Waals surface area contributed by atoms with Gasteiger partial charge in [0.25, 0.3) is 0 Å². The van der Waals surface area contributed by atoms with E-state index in [9.17, 15) is 4.79 Å². The minimum absolute atomic E-state index is 0.167.